The van der Waals surface area contributed by atoms with Gasteiger partial charge >= 0.3 is 0 Å². The Morgan fingerprint density at radius 2 is 1.83 bits per heavy atom. The highest BCUT2D eigenvalue weighted by molar-refractivity contribution is 5.70. The second-order valence-corrected chi connectivity index (χ2v) is 5.85. The summed E-state index contributed by atoms with van der Waals surface area (Å²) in [6.07, 6.45) is 2.32. The molecule has 0 saturated carbocycles. The topological polar surface area (TPSA) is 72.0 Å². The van der Waals surface area contributed by atoms with Crippen LogP contribution in [0, 0.1) is 0 Å². The Labute approximate surface area is 134 Å². The number of nitrogens with zero attached hydrogens (tertiary/aromatic N) is 2. The first kappa shape index (κ1) is 13.8. The summed E-state index contributed by atoms with van der Waals surface area (Å²) in [5.74, 6) is 0.801. The highest BCUT2D eigenvalue weighted by atomic mass is 16.3. The van der Waals surface area contributed by atoms with E-state index in [1.165, 1.54) is 0 Å². The van der Waals surface area contributed by atoms with Gasteiger partial charge in [0.1, 0.15) is 11.6 Å². The lowest BCUT2D eigenvalue weighted by Crippen LogP contribution is -2.13. The molecule has 0 atom stereocenters. The summed E-state index contributed by atoms with van der Waals surface area (Å²) in [5, 5.41) is 9.67. The van der Waals surface area contributed by atoms with Crippen molar-refractivity contribution in [2.45, 2.75) is 19.3 Å². The summed E-state index contributed by atoms with van der Waals surface area (Å²) in [6, 6.07) is 15.6. The molecule has 1 heterocycles. The summed E-state index contributed by atoms with van der Waals surface area (Å²) in [4.78, 5) is 9.39. The van der Waals surface area contributed by atoms with Crippen molar-refractivity contribution in [3.8, 4) is 17.0 Å². The van der Waals surface area contributed by atoms with Crippen molar-refractivity contribution in [1.29, 1.82) is 0 Å². The molecule has 0 saturated heterocycles. The summed E-state index contributed by atoms with van der Waals surface area (Å²) in [5.41, 5.74) is 12.1. The zero-order valence-corrected chi connectivity index (χ0v) is 12.7. The number of phenols is 1. The summed E-state index contributed by atoms with van der Waals surface area (Å²) in [7, 11) is 0. The van der Waals surface area contributed by atoms with Crippen LogP contribution in [0.2, 0.25) is 0 Å². The van der Waals surface area contributed by atoms with Crippen molar-refractivity contribution < 1.29 is 5.11 Å². The number of hydrogen-bond donors (Lipinski definition) is 2. The average Bonchev–Trinajstić information content (AvgIpc) is 2.56. The van der Waals surface area contributed by atoms with Gasteiger partial charge in [0.25, 0.3) is 0 Å². The predicted molar refractivity (Wildman–Crippen MR) is 90.2 cm³/mol. The molecule has 0 aliphatic heterocycles. The summed E-state index contributed by atoms with van der Waals surface area (Å²) in [6.45, 7) is 0. The maximum absolute atomic E-state index is 9.67. The fourth-order valence-electron chi connectivity index (χ4n) is 3.10. The Morgan fingerprint density at radius 1 is 1.00 bits per heavy atom. The van der Waals surface area contributed by atoms with Crippen LogP contribution in [-0.2, 0) is 19.3 Å². The fourth-order valence-corrected chi connectivity index (χ4v) is 3.10. The molecule has 0 bridgehead atoms. The van der Waals surface area contributed by atoms with E-state index in [9.17, 15) is 5.11 Å². The second kappa shape index (κ2) is 5.39. The quantitative estimate of drug-likeness (QED) is 0.763. The third-order valence-electron chi connectivity index (χ3n) is 4.26. The number of anilines is 1. The maximum Gasteiger partial charge on any atom is 0.145 e. The molecule has 23 heavy (non-hydrogen) atoms. The van der Waals surface area contributed by atoms with Crippen LogP contribution in [0.4, 0.5) is 5.82 Å². The molecule has 4 nitrogen and oxygen atoms in total. The molecule has 0 spiro atoms. The minimum atomic E-state index is 0.292. The number of hydrogen-bond acceptors (Lipinski definition) is 4. The van der Waals surface area contributed by atoms with E-state index in [0.717, 1.165) is 46.6 Å². The lowest BCUT2D eigenvalue weighted by molar-refractivity contribution is 0.474. The van der Waals surface area contributed by atoms with E-state index in [4.69, 9.17) is 10.7 Å². The zero-order valence-electron chi connectivity index (χ0n) is 12.7. The lowest BCUT2D eigenvalue weighted by atomic mass is 9.91. The molecule has 2 aromatic carbocycles. The van der Waals surface area contributed by atoms with Gasteiger partial charge in [0, 0.05) is 12.0 Å². The molecule has 114 valence electrons. The Bertz CT molecular complexity index is 875. The van der Waals surface area contributed by atoms with Gasteiger partial charge in [-0.15, -0.1) is 0 Å². The molecule has 1 aliphatic rings. The average molecular weight is 303 g/mol. The number of aromatic hydroxyl groups is 1. The van der Waals surface area contributed by atoms with Gasteiger partial charge in [0.2, 0.25) is 0 Å². The van der Waals surface area contributed by atoms with Gasteiger partial charge in [-0.25, -0.2) is 9.97 Å². The largest absolute Gasteiger partial charge is 0.508 e. The van der Waals surface area contributed by atoms with E-state index in [2.05, 4.69) is 17.1 Å². The fraction of sp³-hybridized carbons (Fsp3) is 0.158. The molecule has 3 N–H and O–H groups in total. The van der Waals surface area contributed by atoms with Gasteiger partial charge in [-0.2, -0.15) is 0 Å². The Morgan fingerprint density at radius 3 is 2.65 bits per heavy atom. The zero-order chi connectivity index (χ0) is 15.8. The monoisotopic (exact) mass is 303 g/mol. The molecule has 0 fully saturated rings. The number of nitrogen functional groups attached to an aromatic ring is 1. The van der Waals surface area contributed by atoms with E-state index < -0.39 is 0 Å². The highest BCUT2D eigenvalue weighted by Crippen LogP contribution is 2.34. The highest BCUT2D eigenvalue weighted by Gasteiger charge is 2.21. The third-order valence-corrected chi connectivity index (χ3v) is 4.26. The summed E-state index contributed by atoms with van der Waals surface area (Å²) >= 11 is 0. The number of benzene rings is 2. The van der Waals surface area contributed by atoms with Crippen molar-refractivity contribution in [1.82, 2.24) is 9.97 Å². The summed E-state index contributed by atoms with van der Waals surface area (Å²) < 4.78 is 0. The molecule has 4 rings (SSSR count). The van der Waals surface area contributed by atoms with Crippen molar-refractivity contribution in [3.63, 3.8) is 0 Å². The molecular formula is C19H17N3O. The van der Waals surface area contributed by atoms with Gasteiger partial charge in [-0.05, 0) is 42.2 Å². The number of phenolic OH excluding ortho intramolecular Hbond substituents is 1. The first-order valence-corrected chi connectivity index (χ1v) is 7.72. The number of fused-ring (bicyclic) bond motifs is 3. The molecule has 0 amide bonds. The normalized spacial score (nSPS) is 12.5. The molecule has 4 heteroatoms. The van der Waals surface area contributed by atoms with E-state index in [-0.39, 0.29) is 0 Å². The number of aryl methyl sites for hydroxylation is 2. The van der Waals surface area contributed by atoms with E-state index in [1.54, 1.807) is 6.07 Å². The van der Waals surface area contributed by atoms with Gasteiger partial charge in [0.15, 0.2) is 0 Å². The SMILES string of the molecule is Nc1nc2c(nc1Cc1ccccc1)-c1ccc(O)cc1CC2. The molecule has 3 aromatic rings. The Balaban J connectivity index is 1.80. The number of nitrogens with two attached hydrogens (primary N) is 1. The third kappa shape index (κ3) is 2.52. The van der Waals surface area contributed by atoms with E-state index >= 15 is 0 Å². The van der Waals surface area contributed by atoms with Crippen LogP contribution in [0.1, 0.15) is 22.5 Å². The van der Waals surface area contributed by atoms with Gasteiger partial charge in [-0.1, -0.05) is 30.3 Å². The minimum absolute atomic E-state index is 0.292. The van der Waals surface area contributed by atoms with Gasteiger partial charge in [0.05, 0.1) is 17.1 Å². The molecule has 1 aromatic heterocycles. The second-order valence-electron chi connectivity index (χ2n) is 5.85. The van der Waals surface area contributed by atoms with Crippen LogP contribution in [0.25, 0.3) is 11.3 Å². The van der Waals surface area contributed by atoms with Crippen molar-refractivity contribution in [3.05, 3.63) is 71.0 Å². The number of rotatable bonds is 2. The minimum Gasteiger partial charge on any atom is -0.508 e. The Kier molecular flexibility index (Phi) is 3.23. The van der Waals surface area contributed by atoms with Crippen LogP contribution in [0.3, 0.4) is 0 Å². The molecule has 0 unspecified atom stereocenters. The number of aromatic nitrogens is 2. The smallest absolute Gasteiger partial charge is 0.145 e. The van der Waals surface area contributed by atoms with Crippen molar-refractivity contribution in [2.75, 3.05) is 5.73 Å². The predicted octanol–water partition coefficient (Wildman–Crippen LogP) is 3.12. The van der Waals surface area contributed by atoms with E-state index in [1.807, 2.05) is 30.3 Å². The van der Waals surface area contributed by atoms with Crippen LogP contribution in [0.15, 0.2) is 48.5 Å². The van der Waals surface area contributed by atoms with Crippen LogP contribution in [0.5, 0.6) is 5.75 Å². The standard InChI is InChI=1S/C19H17N3O/c20-19-17(10-12-4-2-1-3-5-12)21-18-15-8-7-14(23)11-13(15)6-9-16(18)22-19/h1-5,7-8,11,23H,6,9-10H2,(H2,20,22). The first-order chi connectivity index (χ1) is 11.2. The van der Waals surface area contributed by atoms with Crippen molar-refractivity contribution in [2.24, 2.45) is 0 Å². The van der Waals surface area contributed by atoms with Crippen LogP contribution in [-0.4, -0.2) is 15.1 Å². The molecule has 1 aliphatic carbocycles. The van der Waals surface area contributed by atoms with Gasteiger partial charge < -0.3 is 10.8 Å². The lowest BCUT2D eigenvalue weighted by Gasteiger charge is -2.20. The first-order valence-electron chi connectivity index (χ1n) is 7.72. The Hall–Kier alpha value is -2.88. The maximum atomic E-state index is 9.67. The van der Waals surface area contributed by atoms with Crippen LogP contribution < -0.4 is 5.73 Å². The molecule has 0 radical (unpaired) electrons. The van der Waals surface area contributed by atoms with Crippen molar-refractivity contribution >= 4 is 5.82 Å². The van der Waals surface area contributed by atoms with E-state index in [0.29, 0.717) is 18.0 Å². The van der Waals surface area contributed by atoms with Crippen LogP contribution >= 0.6 is 0 Å². The molecular weight excluding hydrogens is 286 g/mol. The van der Waals surface area contributed by atoms with Gasteiger partial charge in [-0.3, -0.25) is 0 Å².